The SMILES string of the molecule is COc1cccc(NC(=O)COC(=O)CS[C@H](C)C(=O)Nc2cc(C)on2)c1. The van der Waals surface area contributed by atoms with Gasteiger partial charge < -0.3 is 24.6 Å². The maximum atomic E-state index is 12.0. The van der Waals surface area contributed by atoms with Crippen LogP contribution in [-0.4, -0.2) is 47.7 Å². The number of nitrogens with one attached hydrogen (secondary N) is 2. The average Bonchev–Trinajstić information content (AvgIpc) is 3.09. The number of methoxy groups -OCH3 is 1. The smallest absolute Gasteiger partial charge is 0.316 e. The van der Waals surface area contributed by atoms with E-state index in [-0.39, 0.29) is 11.7 Å². The third-order valence-electron chi connectivity index (χ3n) is 3.42. The number of hydrogen-bond donors (Lipinski definition) is 2. The molecule has 0 radical (unpaired) electrons. The molecule has 0 spiro atoms. The predicted molar refractivity (Wildman–Crippen MR) is 104 cm³/mol. The molecule has 2 aromatic rings. The van der Waals surface area contributed by atoms with Crippen LogP contribution in [-0.2, 0) is 19.1 Å². The Morgan fingerprint density at radius 1 is 1.25 bits per heavy atom. The second kappa shape index (κ2) is 10.4. The lowest BCUT2D eigenvalue weighted by Crippen LogP contribution is -2.25. The number of ether oxygens (including phenoxy) is 2. The standard InChI is InChI=1S/C18H21N3O6S/c1-11-7-15(21-27-11)20-18(24)12(2)28-10-17(23)26-9-16(22)19-13-5-4-6-14(8-13)25-3/h4-8,12H,9-10H2,1-3H3,(H,19,22)(H,20,21,24)/t12-/m1/s1. The Hall–Kier alpha value is -3.01. The molecule has 0 fully saturated rings. The summed E-state index contributed by atoms with van der Waals surface area (Å²) in [6.45, 7) is 2.94. The van der Waals surface area contributed by atoms with E-state index in [1.165, 1.54) is 7.11 Å². The second-order valence-electron chi connectivity index (χ2n) is 5.71. The second-order valence-corrected chi connectivity index (χ2v) is 7.04. The van der Waals surface area contributed by atoms with Crippen molar-refractivity contribution < 1.29 is 28.4 Å². The van der Waals surface area contributed by atoms with Gasteiger partial charge in [-0.2, -0.15) is 0 Å². The van der Waals surface area contributed by atoms with Crippen molar-refractivity contribution in [3.8, 4) is 5.75 Å². The Labute approximate surface area is 166 Å². The molecule has 9 nitrogen and oxygen atoms in total. The molecule has 28 heavy (non-hydrogen) atoms. The van der Waals surface area contributed by atoms with Crippen molar-refractivity contribution in [1.29, 1.82) is 0 Å². The Balaban J connectivity index is 1.68. The van der Waals surface area contributed by atoms with Gasteiger partial charge in [0.25, 0.3) is 5.91 Å². The lowest BCUT2D eigenvalue weighted by atomic mass is 10.3. The summed E-state index contributed by atoms with van der Waals surface area (Å²) in [4.78, 5) is 35.7. The molecular weight excluding hydrogens is 386 g/mol. The molecule has 0 aliphatic rings. The Bertz CT molecular complexity index is 838. The first kappa shape index (κ1) is 21.3. The summed E-state index contributed by atoms with van der Waals surface area (Å²) in [5, 5.41) is 8.33. The number of esters is 1. The lowest BCUT2D eigenvalue weighted by Gasteiger charge is -2.10. The highest BCUT2D eigenvalue weighted by Gasteiger charge is 2.18. The van der Waals surface area contributed by atoms with Crippen LogP contribution in [0.15, 0.2) is 34.9 Å². The minimum atomic E-state index is -0.595. The monoisotopic (exact) mass is 407 g/mol. The molecule has 0 saturated carbocycles. The summed E-state index contributed by atoms with van der Waals surface area (Å²) in [7, 11) is 1.52. The molecule has 2 amide bonds. The van der Waals surface area contributed by atoms with Crippen LogP contribution in [0.2, 0.25) is 0 Å². The average molecular weight is 407 g/mol. The van der Waals surface area contributed by atoms with Crippen LogP contribution < -0.4 is 15.4 Å². The van der Waals surface area contributed by atoms with E-state index >= 15 is 0 Å². The zero-order valence-corrected chi connectivity index (χ0v) is 16.5. The number of aromatic nitrogens is 1. The van der Waals surface area contributed by atoms with Gasteiger partial charge in [-0.15, -0.1) is 11.8 Å². The summed E-state index contributed by atoms with van der Waals surface area (Å²) < 4.78 is 14.9. The molecular formula is C18H21N3O6S. The first-order valence-corrected chi connectivity index (χ1v) is 9.37. The summed E-state index contributed by atoms with van der Waals surface area (Å²) in [5.41, 5.74) is 0.531. The van der Waals surface area contributed by atoms with Crippen LogP contribution in [0.5, 0.6) is 5.75 Å². The zero-order valence-electron chi connectivity index (χ0n) is 15.7. The molecule has 1 aromatic carbocycles. The normalized spacial score (nSPS) is 11.4. The number of aryl methyl sites for hydroxylation is 1. The van der Waals surface area contributed by atoms with Gasteiger partial charge in [-0.1, -0.05) is 11.2 Å². The predicted octanol–water partition coefficient (Wildman–Crippen LogP) is 2.23. The highest BCUT2D eigenvalue weighted by molar-refractivity contribution is 8.01. The van der Waals surface area contributed by atoms with Crippen LogP contribution >= 0.6 is 11.8 Å². The van der Waals surface area contributed by atoms with Gasteiger partial charge in [0.1, 0.15) is 11.5 Å². The maximum absolute atomic E-state index is 12.0. The lowest BCUT2D eigenvalue weighted by molar-refractivity contribution is -0.144. The van der Waals surface area contributed by atoms with E-state index in [0.717, 1.165) is 11.8 Å². The van der Waals surface area contributed by atoms with Gasteiger partial charge in [-0.25, -0.2) is 0 Å². The summed E-state index contributed by atoms with van der Waals surface area (Å²) in [6, 6.07) is 8.39. The topological polar surface area (TPSA) is 120 Å². The fraction of sp³-hybridized carbons (Fsp3) is 0.333. The highest BCUT2D eigenvalue weighted by atomic mass is 32.2. The Morgan fingerprint density at radius 2 is 2.04 bits per heavy atom. The largest absolute Gasteiger partial charge is 0.497 e. The summed E-state index contributed by atoms with van der Waals surface area (Å²) in [6.07, 6.45) is 0. The molecule has 0 unspecified atom stereocenters. The van der Waals surface area contributed by atoms with E-state index < -0.39 is 23.7 Å². The number of anilines is 2. The number of carbonyl (C=O) groups excluding carboxylic acids is 3. The molecule has 1 aromatic heterocycles. The molecule has 1 atom stereocenters. The molecule has 2 rings (SSSR count). The number of thioether (sulfide) groups is 1. The molecule has 150 valence electrons. The first-order valence-electron chi connectivity index (χ1n) is 8.32. The first-order chi connectivity index (χ1) is 13.4. The molecule has 0 aliphatic carbocycles. The van der Waals surface area contributed by atoms with Gasteiger partial charge in [-0.3, -0.25) is 14.4 Å². The number of rotatable bonds is 9. The van der Waals surface area contributed by atoms with Gasteiger partial charge in [-0.05, 0) is 26.0 Å². The van der Waals surface area contributed by atoms with Crippen molar-refractivity contribution in [3.63, 3.8) is 0 Å². The van der Waals surface area contributed by atoms with Crippen molar-refractivity contribution >= 4 is 41.1 Å². The van der Waals surface area contributed by atoms with Crippen LogP contribution in [0.3, 0.4) is 0 Å². The minimum absolute atomic E-state index is 0.0706. The Kier molecular flexibility index (Phi) is 7.88. The van der Waals surface area contributed by atoms with Crippen molar-refractivity contribution in [2.75, 3.05) is 30.1 Å². The minimum Gasteiger partial charge on any atom is -0.497 e. The molecule has 0 saturated heterocycles. The van der Waals surface area contributed by atoms with E-state index in [1.54, 1.807) is 44.2 Å². The number of amides is 2. The van der Waals surface area contributed by atoms with E-state index in [4.69, 9.17) is 14.0 Å². The van der Waals surface area contributed by atoms with Crippen LogP contribution in [0, 0.1) is 6.92 Å². The van der Waals surface area contributed by atoms with Gasteiger partial charge in [0, 0.05) is 17.8 Å². The van der Waals surface area contributed by atoms with E-state index in [2.05, 4.69) is 15.8 Å². The number of benzene rings is 1. The van der Waals surface area contributed by atoms with Crippen molar-refractivity contribution in [2.24, 2.45) is 0 Å². The third kappa shape index (κ3) is 6.95. The molecule has 10 heteroatoms. The molecule has 1 heterocycles. The van der Waals surface area contributed by atoms with Crippen molar-refractivity contribution in [2.45, 2.75) is 19.1 Å². The molecule has 0 aliphatic heterocycles. The van der Waals surface area contributed by atoms with Gasteiger partial charge in [0.2, 0.25) is 5.91 Å². The van der Waals surface area contributed by atoms with Crippen molar-refractivity contribution in [3.05, 3.63) is 36.1 Å². The molecule has 2 N–H and O–H groups in total. The van der Waals surface area contributed by atoms with Crippen LogP contribution in [0.25, 0.3) is 0 Å². The summed E-state index contributed by atoms with van der Waals surface area (Å²) in [5.74, 6) is 0.0274. The van der Waals surface area contributed by atoms with Gasteiger partial charge in [0.15, 0.2) is 12.4 Å². The summed E-state index contributed by atoms with van der Waals surface area (Å²) >= 11 is 1.09. The van der Waals surface area contributed by atoms with Gasteiger partial charge in [0.05, 0.1) is 18.1 Å². The Morgan fingerprint density at radius 3 is 2.71 bits per heavy atom. The van der Waals surface area contributed by atoms with E-state index in [9.17, 15) is 14.4 Å². The quantitative estimate of drug-likeness (QED) is 0.607. The van der Waals surface area contributed by atoms with Gasteiger partial charge >= 0.3 is 5.97 Å². The fourth-order valence-corrected chi connectivity index (χ4v) is 2.69. The number of nitrogens with zero attached hydrogens (tertiary/aromatic N) is 1. The maximum Gasteiger partial charge on any atom is 0.316 e. The number of carbonyl (C=O) groups is 3. The number of hydrogen-bond acceptors (Lipinski definition) is 8. The molecule has 0 bridgehead atoms. The van der Waals surface area contributed by atoms with Crippen LogP contribution in [0.1, 0.15) is 12.7 Å². The van der Waals surface area contributed by atoms with Crippen LogP contribution in [0.4, 0.5) is 11.5 Å². The van der Waals surface area contributed by atoms with Crippen molar-refractivity contribution in [1.82, 2.24) is 5.16 Å². The highest BCUT2D eigenvalue weighted by Crippen LogP contribution is 2.17. The third-order valence-corrected chi connectivity index (χ3v) is 4.53. The zero-order chi connectivity index (χ0) is 20.5. The van der Waals surface area contributed by atoms with E-state index in [1.807, 2.05) is 0 Å². The van der Waals surface area contributed by atoms with E-state index in [0.29, 0.717) is 23.0 Å². The fourth-order valence-electron chi connectivity index (χ4n) is 2.01.